The van der Waals surface area contributed by atoms with E-state index in [0.29, 0.717) is 25.1 Å². The number of nitrogens with zero attached hydrogens (tertiary/aromatic N) is 1. The zero-order chi connectivity index (χ0) is 17.2. The maximum absolute atomic E-state index is 12.9. The summed E-state index contributed by atoms with van der Waals surface area (Å²) in [4.78, 5) is 16.5. The van der Waals surface area contributed by atoms with E-state index in [1.54, 1.807) is 12.1 Å². The van der Waals surface area contributed by atoms with E-state index in [2.05, 4.69) is 20.9 Å². The molecule has 0 aliphatic heterocycles. The standard InChI is InChI=1S/C18H27FN4O/c1-2-20-18(21-12-14-8-10-15(19)11-9-14)22-13-17(24)23-16-6-4-3-5-7-16/h8-11,16H,2-7,12-13H2,1H3,(H,23,24)(H2,20,21,22). The quantitative estimate of drug-likeness (QED) is 0.553. The molecule has 2 rings (SSSR count). The van der Waals surface area contributed by atoms with E-state index >= 15 is 0 Å². The number of halogens is 1. The summed E-state index contributed by atoms with van der Waals surface area (Å²) in [6, 6.07) is 6.56. The van der Waals surface area contributed by atoms with Gasteiger partial charge in [0.25, 0.3) is 0 Å². The van der Waals surface area contributed by atoms with Gasteiger partial charge in [0, 0.05) is 12.6 Å². The van der Waals surface area contributed by atoms with E-state index in [1.807, 2.05) is 6.92 Å². The first kappa shape index (κ1) is 18.2. The molecule has 0 saturated heterocycles. The van der Waals surface area contributed by atoms with E-state index in [0.717, 1.165) is 18.4 Å². The highest BCUT2D eigenvalue weighted by molar-refractivity contribution is 5.86. The molecule has 1 aromatic carbocycles. The molecule has 1 aromatic rings. The van der Waals surface area contributed by atoms with Gasteiger partial charge in [0.2, 0.25) is 5.91 Å². The summed E-state index contributed by atoms with van der Waals surface area (Å²) in [6.07, 6.45) is 5.81. The normalized spacial score (nSPS) is 15.8. The predicted molar refractivity (Wildman–Crippen MR) is 94.2 cm³/mol. The fraction of sp³-hybridized carbons (Fsp3) is 0.556. The molecule has 0 atom stereocenters. The first-order valence-electron chi connectivity index (χ1n) is 8.73. The van der Waals surface area contributed by atoms with E-state index in [9.17, 15) is 9.18 Å². The Bertz CT molecular complexity index is 538. The second-order valence-corrected chi connectivity index (χ2v) is 6.08. The highest BCUT2D eigenvalue weighted by Gasteiger charge is 2.15. The monoisotopic (exact) mass is 334 g/mol. The Morgan fingerprint density at radius 3 is 2.54 bits per heavy atom. The van der Waals surface area contributed by atoms with Crippen LogP contribution in [-0.4, -0.2) is 31.0 Å². The van der Waals surface area contributed by atoms with Crippen LogP contribution in [0.25, 0.3) is 0 Å². The van der Waals surface area contributed by atoms with Crippen LogP contribution in [0.4, 0.5) is 4.39 Å². The molecule has 132 valence electrons. The first-order valence-corrected chi connectivity index (χ1v) is 8.73. The molecule has 1 amide bonds. The highest BCUT2D eigenvalue weighted by Crippen LogP contribution is 2.17. The number of carbonyl (C=O) groups is 1. The fourth-order valence-corrected chi connectivity index (χ4v) is 2.79. The topological polar surface area (TPSA) is 65.5 Å². The van der Waals surface area contributed by atoms with Gasteiger partial charge in [-0.05, 0) is 37.5 Å². The van der Waals surface area contributed by atoms with Gasteiger partial charge in [-0.2, -0.15) is 0 Å². The van der Waals surface area contributed by atoms with E-state index in [-0.39, 0.29) is 18.3 Å². The van der Waals surface area contributed by atoms with Gasteiger partial charge in [-0.3, -0.25) is 4.79 Å². The lowest BCUT2D eigenvalue weighted by molar-refractivity contribution is -0.120. The third kappa shape index (κ3) is 6.56. The smallest absolute Gasteiger partial charge is 0.239 e. The van der Waals surface area contributed by atoms with Crippen molar-refractivity contribution in [2.45, 2.75) is 51.6 Å². The Kier molecular flexibility index (Phi) is 7.52. The van der Waals surface area contributed by atoms with E-state index in [4.69, 9.17) is 0 Å². The molecule has 0 aromatic heterocycles. The molecule has 5 nitrogen and oxygen atoms in total. The number of hydrogen-bond donors (Lipinski definition) is 3. The van der Waals surface area contributed by atoms with Crippen molar-refractivity contribution >= 4 is 11.9 Å². The minimum absolute atomic E-state index is 0.00529. The van der Waals surface area contributed by atoms with Crippen LogP contribution in [0.1, 0.15) is 44.6 Å². The van der Waals surface area contributed by atoms with Crippen molar-refractivity contribution in [3.8, 4) is 0 Å². The van der Waals surface area contributed by atoms with E-state index < -0.39 is 0 Å². The lowest BCUT2D eigenvalue weighted by Crippen LogP contribution is -2.46. The maximum atomic E-state index is 12.9. The van der Waals surface area contributed by atoms with Crippen molar-refractivity contribution in [2.75, 3.05) is 13.1 Å². The molecule has 1 fully saturated rings. The first-order chi connectivity index (χ1) is 11.7. The third-order valence-electron chi connectivity index (χ3n) is 4.06. The van der Waals surface area contributed by atoms with Crippen molar-refractivity contribution in [3.63, 3.8) is 0 Å². The number of nitrogens with one attached hydrogen (secondary N) is 3. The molecule has 0 bridgehead atoms. The zero-order valence-electron chi connectivity index (χ0n) is 14.3. The Balaban J connectivity index is 1.79. The van der Waals surface area contributed by atoms with Crippen LogP contribution in [0.2, 0.25) is 0 Å². The van der Waals surface area contributed by atoms with Crippen LogP contribution in [0, 0.1) is 5.82 Å². The van der Waals surface area contributed by atoms with Gasteiger partial charge >= 0.3 is 0 Å². The zero-order valence-corrected chi connectivity index (χ0v) is 14.3. The van der Waals surface area contributed by atoms with Gasteiger partial charge in [0.1, 0.15) is 5.82 Å². The molecule has 6 heteroatoms. The van der Waals surface area contributed by atoms with Crippen LogP contribution < -0.4 is 16.0 Å². The Labute approximate surface area is 143 Å². The maximum Gasteiger partial charge on any atom is 0.239 e. The van der Waals surface area contributed by atoms with Crippen LogP contribution in [0.15, 0.2) is 29.3 Å². The summed E-state index contributed by atoms with van der Waals surface area (Å²) in [5.41, 5.74) is 0.917. The summed E-state index contributed by atoms with van der Waals surface area (Å²) in [5.74, 6) is 0.321. The van der Waals surface area contributed by atoms with Crippen molar-refractivity contribution in [3.05, 3.63) is 35.6 Å². The number of rotatable bonds is 6. The van der Waals surface area contributed by atoms with Gasteiger partial charge < -0.3 is 16.0 Å². The largest absolute Gasteiger partial charge is 0.357 e. The molecule has 0 spiro atoms. The lowest BCUT2D eigenvalue weighted by Gasteiger charge is -2.23. The van der Waals surface area contributed by atoms with Gasteiger partial charge in [0.05, 0.1) is 13.1 Å². The van der Waals surface area contributed by atoms with Gasteiger partial charge in [0.15, 0.2) is 5.96 Å². The second-order valence-electron chi connectivity index (χ2n) is 6.08. The average Bonchev–Trinajstić information content (AvgIpc) is 2.59. The molecule has 1 aliphatic rings. The summed E-state index contributed by atoms with van der Waals surface area (Å²) in [7, 11) is 0. The molecule has 24 heavy (non-hydrogen) atoms. The summed E-state index contributed by atoms with van der Waals surface area (Å²) >= 11 is 0. The Hall–Kier alpha value is -2.11. The van der Waals surface area contributed by atoms with Crippen LogP contribution >= 0.6 is 0 Å². The minimum Gasteiger partial charge on any atom is -0.357 e. The molecule has 1 aliphatic carbocycles. The number of carbonyl (C=O) groups excluding carboxylic acids is 1. The van der Waals surface area contributed by atoms with Crippen molar-refractivity contribution in [1.82, 2.24) is 16.0 Å². The number of hydrogen-bond acceptors (Lipinski definition) is 2. The number of aliphatic imine (C=N–C) groups is 1. The molecule has 0 radical (unpaired) electrons. The van der Waals surface area contributed by atoms with Crippen molar-refractivity contribution in [1.29, 1.82) is 0 Å². The summed E-state index contributed by atoms with van der Waals surface area (Å²) in [6.45, 7) is 3.31. The molecular formula is C18H27FN4O. The minimum atomic E-state index is -0.257. The molecule has 0 heterocycles. The summed E-state index contributed by atoms with van der Waals surface area (Å²) in [5, 5.41) is 9.22. The van der Waals surface area contributed by atoms with Gasteiger partial charge in [-0.15, -0.1) is 0 Å². The van der Waals surface area contributed by atoms with Crippen molar-refractivity contribution < 1.29 is 9.18 Å². The molecule has 3 N–H and O–H groups in total. The lowest BCUT2D eigenvalue weighted by atomic mass is 9.95. The van der Waals surface area contributed by atoms with Gasteiger partial charge in [-0.1, -0.05) is 31.4 Å². The second kappa shape index (κ2) is 9.90. The average molecular weight is 334 g/mol. The number of guanidine groups is 1. The van der Waals surface area contributed by atoms with Crippen LogP contribution in [0.3, 0.4) is 0 Å². The SMILES string of the molecule is CCNC(=NCc1ccc(F)cc1)NCC(=O)NC1CCCCC1. The van der Waals surface area contributed by atoms with Crippen LogP contribution in [0.5, 0.6) is 0 Å². The van der Waals surface area contributed by atoms with Crippen molar-refractivity contribution in [2.24, 2.45) is 4.99 Å². The third-order valence-corrected chi connectivity index (χ3v) is 4.06. The predicted octanol–water partition coefficient (Wildman–Crippen LogP) is 2.33. The molecular weight excluding hydrogens is 307 g/mol. The highest BCUT2D eigenvalue weighted by atomic mass is 19.1. The summed E-state index contributed by atoms with van der Waals surface area (Å²) < 4.78 is 12.9. The van der Waals surface area contributed by atoms with Crippen LogP contribution in [-0.2, 0) is 11.3 Å². The number of benzene rings is 1. The molecule has 0 unspecified atom stereocenters. The Morgan fingerprint density at radius 2 is 1.88 bits per heavy atom. The van der Waals surface area contributed by atoms with E-state index in [1.165, 1.54) is 31.4 Å². The Morgan fingerprint density at radius 1 is 1.17 bits per heavy atom. The molecule has 1 saturated carbocycles. The number of amides is 1. The fourth-order valence-electron chi connectivity index (χ4n) is 2.79. The van der Waals surface area contributed by atoms with Gasteiger partial charge in [-0.25, -0.2) is 9.38 Å².